The van der Waals surface area contributed by atoms with Crippen molar-refractivity contribution in [2.75, 3.05) is 0 Å². The number of hydrogen-bond acceptors (Lipinski definition) is 6. The maximum Gasteiger partial charge on any atom is 0.321 e. The average molecular weight is 387 g/mol. The Bertz CT molecular complexity index is 864. The third kappa shape index (κ3) is 4.93. The van der Waals surface area contributed by atoms with Crippen molar-refractivity contribution in [3.05, 3.63) is 53.4 Å². The highest BCUT2D eigenvalue weighted by Crippen LogP contribution is 2.25. The average Bonchev–Trinajstić information content (AvgIpc) is 3.32. The van der Waals surface area contributed by atoms with Crippen LogP contribution in [0, 0.1) is 0 Å². The van der Waals surface area contributed by atoms with Crippen LogP contribution in [0.2, 0.25) is 0 Å². The molecule has 0 aliphatic heterocycles. The molecule has 0 aliphatic carbocycles. The summed E-state index contributed by atoms with van der Waals surface area (Å²) in [6, 6.07) is 12.8. The molecule has 2 heterocycles. The summed E-state index contributed by atoms with van der Waals surface area (Å²) in [7, 11) is 0. The van der Waals surface area contributed by atoms with E-state index in [9.17, 15) is 9.59 Å². The molecule has 1 aromatic carbocycles. The number of carbonyl (C=O) groups excluding carboxylic acids is 2. The highest BCUT2D eigenvalue weighted by molar-refractivity contribution is 8.00. The van der Waals surface area contributed by atoms with Crippen LogP contribution in [0.5, 0.6) is 0 Å². The number of urea groups is 1. The summed E-state index contributed by atoms with van der Waals surface area (Å²) in [4.78, 5) is 29.3. The number of carbonyl (C=O) groups is 2. The van der Waals surface area contributed by atoms with Crippen LogP contribution < -0.4 is 10.6 Å². The van der Waals surface area contributed by atoms with Crippen LogP contribution >= 0.6 is 23.1 Å². The quantitative estimate of drug-likeness (QED) is 0.565. The molecule has 26 heavy (non-hydrogen) atoms. The fourth-order valence-electron chi connectivity index (χ4n) is 2.07. The second-order valence-electron chi connectivity index (χ2n) is 5.36. The highest BCUT2D eigenvalue weighted by Gasteiger charge is 2.19. The summed E-state index contributed by atoms with van der Waals surface area (Å²) in [5.41, 5.74) is 0.958. The lowest BCUT2D eigenvalue weighted by atomic mass is 10.2. The fourth-order valence-corrected chi connectivity index (χ4v) is 3.46. The van der Waals surface area contributed by atoms with E-state index in [1.54, 1.807) is 18.3 Å². The van der Waals surface area contributed by atoms with E-state index in [0.29, 0.717) is 17.5 Å². The minimum Gasteiger partial charge on any atom is -0.334 e. The molecule has 134 valence electrons. The Morgan fingerprint density at radius 3 is 2.77 bits per heavy atom. The number of aromatic nitrogens is 3. The lowest BCUT2D eigenvalue weighted by Gasteiger charge is -2.10. The first-order chi connectivity index (χ1) is 12.6. The van der Waals surface area contributed by atoms with Gasteiger partial charge in [-0.05, 0) is 23.9 Å². The van der Waals surface area contributed by atoms with Gasteiger partial charge in [0.1, 0.15) is 0 Å². The van der Waals surface area contributed by atoms with E-state index in [0.717, 1.165) is 10.4 Å². The third-order valence-corrected chi connectivity index (χ3v) is 5.24. The Labute approximate surface area is 158 Å². The van der Waals surface area contributed by atoms with Gasteiger partial charge in [0.05, 0.1) is 10.1 Å². The number of H-pyrrole nitrogens is 1. The zero-order valence-corrected chi connectivity index (χ0v) is 15.6. The van der Waals surface area contributed by atoms with Crippen LogP contribution in [0.4, 0.5) is 4.79 Å². The lowest BCUT2D eigenvalue weighted by Crippen LogP contribution is -2.42. The molecule has 7 nitrogen and oxygen atoms in total. The van der Waals surface area contributed by atoms with Crippen LogP contribution in [-0.4, -0.2) is 32.4 Å². The molecule has 0 fully saturated rings. The second kappa shape index (κ2) is 8.63. The number of amides is 3. The second-order valence-corrected chi connectivity index (χ2v) is 7.62. The number of aromatic amines is 1. The summed E-state index contributed by atoms with van der Waals surface area (Å²) in [5.74, 6) is 0.263. The standard InChI is InChI=1S/C17H17N5O2S2/c1-11(26-17-19-14(21-22-17)13-8-5-9-25-13)15(23)20-16(24)18-10-12-6-3-2-4-7-12/h2-9,11H,10H2,1H3,(H,19,21,22)(H2,18,20,23,24)/t11-/m1/s1. The first-order valence-corrected chi connectivity index (χ1v) is 9.63. The molecule has 0 aliphatic rings. The van der Waals surface area contributed by atoms with Crippen molar-refractivity contribution in [2.45, 2.75) is 23.9 Å². The fraction of sp³-hybridized carbons (Fsp3) is 0.176. The minimum absolute atomic E-state index is 0.354. The van der Waals surface area contributed by atoms with Gasteiger partial charge in [-0.2, -0.15) is 0 Å². The molecule has 0 unspecified atom stereocenters. The zero-order chi connectivity index (χ0) is 18.4. The van der Waals surface area contributed by atoms with E-state index < -0.39 is 17.2 Å². The van der Waals surface area contributed by atoms with Crippen molar-refractivity contribution in [1.29, 1.82) is 0 Å². The van der Waals surface area contributed by atoms with Crippen molar-refractivity contribution in [1.82, 2.24) is 25.8 Å². The normalized spacial score (nSPS) is 11.7. The lowest BCUT2D eigenvalue weighted by molar-refractivity contribution is -0.119. The van der Waals surface area contributed by atoms with Crippen LogP contribution in [0.15, 0.2) is 53.0 Å². The number of nitrogens with zero attached hydrogens (tertiary/aromatic N) is 2. The molecular formula is C17H17N5O2S2. The van der Waals surface area contributed by atoms with Gasteiger partial charge in [-0.3, -0.25) is 15.2 Å². The number of thiophene rings is 1. The van der Waals surface area contributed by atoms with Crippen molar-refractivity contribution in [3.63, 3.8) is 0 Å². The Hall–Kier alpha value is -2.65. The Balaban J connectivity index is 1.47. The van der Waals surface area contributed by atoms with E-state index in [-0.39, 0.29) is 0 Å². The summed E-state index contributed by atoms with van der Waals surface area (Å²) < 4.78 is 0. The molecule has 3 amide bonds. The summed E-state index contributed by atoms with van der Waals surface area (Å²) in [6.07, 6.45) is 0. The Morgan fingerprint density at radius 1 is 1.23 bits per heavy atom. The molecule has 0 bridgehead atoms. The first-order valence-electron chi connectivity index (χ1n) is 7.87. The predicted molar refractivity (Wildman–Crippen MR) is 102 cm³/mol. The smallest absolute Gasteiger partial charge is 0.321 e. The third-order valence-electron chi connectivity index (χ3n) is 3.40. The molecule has 2 aromatic heterocycles. The number of rotatable bonds is 6. The number of nitrogens with one attached hydrogen (secondary N) is 3. The highest BCUT2D eigenvalue weighted by atomic mass is 32.2. The molecule has 0 saturated heterocycles. The predicted octanol–water partition coefficient (Wildman–Crippen LogP) is 3.04. The zero-order valence-electron chi connectivity index (χ0n) is 13.9. The monoisotopic (exact) mass is 387 g/mol. The van der Waals surface area contributed by atoms with Gasteiger partial charge in [0, 0.05) is 6.54 Å². The van der Waals surface area contributed by atoms with Crippen molar-refractivity contribution in [3.8, 4) is 10.7 Å². The van der Waals surface area contributed by atoms with E-state index in [1.165, 1.54) is 11.8 Å². The van der Waals surface area contributed by atoms with Gasteiger partial charge in [-0.25, -0.2) is 9.78 Å². The van der Waals surface area contributed by atoms with Crippen molar-refractivity contribution in [2.24, 2.45) is 0 Å². The van der Waals surface area contributed by atoms with E-state index >= 15 is 0 Å². The maximum atomic E-state index is 12.1. The van der Waals surface area contributed by atoms with Crippen LogP contribution in [0.1, 0.15) is 12.5 Å². The summed E-state index contributed by atoms with van der Waals surface area (Å²) >= 11 is 2.74. The van der Waals surface area contributed by atoms with E-state index in [4.69, 9.17) is 0 Å². The molecule has 0 spiro atoms. The van der Waals surface area contributed by atoms with Gasteiger partial charge >= 0.3 is 6.03 Å². The van der Waals surface area contributed by atoms with Gasteiger partial charge in [-0.1, -0.05) is 48.2 Å². The molecule has 0 saturated carbocycles. The van der Waals surface area contributed by atoms with Gasteiger partial charge in [-0.15, -0.1) is 16.4 Å². The molecule has 9 heteroatoms. The SMILES string of the molecule is C[C@@H](Sc1n[nH]c(-c2cccs2)n1)C(=O)NC(=O)NCc1ccccc1. The minimum atomic E-state index is -0.527. The number of hydrogen-bond donors (Lipinski definition) is 3. The van der Waals surface area contributed by atoms with Crippen LogP contribution in [-0.2, 0) is 11.3 Å². The van der Waals surface area contributed by atoms with Gasteiger partial charge in [0.2, 0.25) is 11.1 Å². The summed E-state index contributed by atoms with van der Waals surface area (Å²) in [6.45, 7) is 2.05. The van der Waals surface area contributed by atoms with E-state index in [1.807, 2.05) is 47.8 Å². The number of imide groups is 1. The number of benzene rings is 1. The molecule has 1 atom stereocenters. The summed E-state index contributed by atoms with van der Waals surface area (Å²) in [5, 5.41) is 13.8. The van der Waals surface area contributed by atoms with Crippen LogP contribution in [0.3, 0.4) is 0 Å². The van der Waals surface area contributed by atoms with Gasteiger partial charge < -0.3 is 5.32 Å². The molecule has 3 aromatic rings. The number of thioether (sulfide) groups is 1. The topological polar surface area (TPSA) is 99.8 Å². The largest absolute Gasteiger partial charge is 0.334 e. The maximum absolute atomic E-state index is 12.1. The molecule has 0 radical (unpaired) electrons. The molecule has 3 N–H and O–H groups in total. The molecular weight excluding hydrogens is 370 g/mol. The van der Waals surface area contributed by atoms with E-state index in [2.05, 4.69) is 25.8 Å². The first kappa shape index (κ1) is 18.2. The van der Waals surface area contributed by atoms with Gasteiger partial charge in [0.15, 0.2) is 5.82 Å². The Morgan fingerprint density at radius 2 is 2.04 bits per heavy atom. The van der Waals surface area contributed by atoms with Crippen molar-refractivity contribution < 1.29 is 9.59 Å². The van der Waals surface area contributed by atoms with Crippen molar-refractivity contribution >= 4 is 35.0 Å². The molecule has 3 rings (SSSR count). The van der Waals surface area contributed by atoms with Crippen LogP contribution in [0.25, 0.3) is 10.7 Å². The van der Waals surface area contributed by atoms with Gasteiger partial charge in [0.25, 0.3) is 0 Å². The Kier molecular flexibility index (Phi) is 6.03.